The molecule has 40 heavy (non-hydrogen) atoms. The van der Waals surface area contributed by atoms with Gasteiger partial charge in [-0.3, -0.25) is 4.84 Å². The van der Waals surface area contributed by atoms with E-state index >= 15 is 0 Å². The number of sulfonamides is 1. The van der Waals surface area contributed by atoms with Gasteiger partial charge in [-0.1, -0.05) is 53.7 Å². The molecule has 11 nitrogen and oxygen atoms in total. The molecule has 3 N–H and O–H groups in total. The predicted octanol–water partition coefficient (Wildman–Crippen LogP) is 2.72. The molecule has 2 heterocycles. The van der Waals surface area contributed by atoms with Gasteiger partial charge in [-0.15, -0.1) is 0 Å². The summed E-state index contributed by atoms with van der Waals surface area (Å²) in [7, 11) is -4.25. The van der Waals surface area contributed by atoms with Gasteiger partial charge in [-0.25, -0.2) is 13.2 Å². The smallest absolute Gasteiger partial charge is 0.407 e. The van der Waals surface area contributed by atoms with E-state index < -0.39 is 40.9 Å². The Morgan fingerprint density at radius 3 is 2.60 bits per heavy atom. The fraction of sp³-hybridized carbons (Fsp3) is 0.536. The number of aliphatic hydroxyl groups is 1. The van der Waals surface area contributed by atoms with Gasteiger partial charge in [0.2, 0.25) is 0 Å². The van der Waals surface area contributed by atoms with Gasteiger partial charge in [0.05, 0.1) is 48.8 Å². The van der Waals surface area contributed by atoms with Crippen LogP contribution in [-0.4, -0.2) is 79.6 Å². The van der Waals surface area contributed by atoms with Crippen LogP contribution in [0.25, 0.3) is 0 Å². The molecule has 2 saturated heterocycles. The van der Waals surface area contributed by atoms with E-state index in [4.69, 9.17) is 19.0 Å². The van der Waals surface area contributed by atoms with E-state index in [0.717, 1.165) is 35.4 Å². The van der Waals surface area contributed by atoms with Crippen LogP contribution in [0.1, 0.15) is 37.7 Å². The van der Waals surface area contributed by atoms with E-state index in [0.29, 0.717) is 19.4 Å². The maximum atomic E-state index is 13.6. The zero-order valence-electron chi connectivity index (χ0n) is 22.1. The summed E-state index contributed by atoms with van der Waals surface area (Å²) in [5, 5.41) is 24.0. The molecule has 3 fully saturated rings. The molecular formula is C28H36N2O9S. The summed E-state index contributed by atoms with van der Waals surface area (Å²) in [6.45, 7) is 0.313. The Morgan fingerprint density at radius 2 is 1.85 bits per heavy atom. The van der Waals surface area contributed by atoms with Crippen molar-refractivity contribution >= 4 is 16.1 Å². The minimum absolute atomic E-state index is 0.0500. The Bertz CT molecular complexity index is 1240. The number of carbonyl (C=O) groups excluding carboxylic acids is 1. The highest BCUT2D eigenvalue weighted by Crippen LogP contribution is 2.33. The molecule has 218 valence electrons. The third kappa shape index (κ3) is 6.93. The van der Waals surface area contributed by atoms with Crippen molar-refractivity contribution in [2.75, 3.05) is 19.8 Å². The minimum atomic E-state index is -4.25. The number of fused-ring (bicyclic) bond motifs is 1. The van der Waals surface area contributed by atoms with Crippen LogP contribution in [0.15, 0.2) is 59.5 Å². The summed E-state index contributed by atoms with van der Waals surface area (Å²) < 4.78 is 44.7. The van der Waals surface area contributed by atoms with Crippen LogP contribution in [0.3, 0.4) is 0 Å². The van der Waals surface area contributed by atoms with Crippen molar-refractivity contribution in [2.24, 2.45) is 5.92 Å². The molecule has 3 aliphatic rings. The summed E-state index contributed by atoms with van der Waals surface area (Å²) in [6, 6.07) is 13.6. The number of phenolic OH excluding ortho intramolecular Hbond substituents is 1. The molecule has 5 atom stereocenters. The molecule has 5 rings (SSSR count). The number of alkyl carbamates (subject to hydrolysis) is 1. The third-order valence-electron chi connectivity index (χ3n) is 7.60. The van der Waals surface area contributed by atoms with Crippen LogP contribution >= 0.6 is 0 Å². The SMILES string of the molecule is O=C(N[C@@H](Cc1ccccc1)[C@H](O)CN(OC1CCCC1)S(=O)(=O)c1cccc(O)c1)O[C@H]1CO[C@H]2OCC[C@H]21. The first-order valence-corrected chi connectivity index (χ1v) is 15.1. The van der Waals surface area contributed by atoms with Crippen molar-refractivity contribution in [3.63, 3.8) is 0 Å². The van der Waals surface area contributed by atoms with Crippen LogP contribution in [0, 0.1) is 5.92 Å². The lowest BCUT2D eigenvalue weighted by atomic mass is 10.0. The standard InChI is InChI=1S/C28H36N2O9S/c31-20-9-6-12-22(16-20)40(34,35)30(39-21-10-4-5-11-21)17-25(32)24(15-19-7-2-1-3-8-19)29-28(33)38-26-18-37-27-23(26)13-14-36-27/h1-3,6-9,12,16,21,23-27,31-32H,4-5,10-11,13-15,17-18H2,(H,29,33)/t23-,24-,25+,26-,27+/m0/s1. The molecule has 1 aliphatic carbocycles. The molecule has 12 heteroatoms. The summed E-state index contributed by atoms with van der Waals surface area (Å²) in [5.74, 6) is -0.259. The van der Waals surface area contributed by atoms with Crippen LogP contribution in [0.4, 0.5) is 4.79 Å². The van der Waals surface area contributed by atoms with E-state index in [2.05, 4.69) is 5.32 Å². The van der Waals surface area contributed by atoms with Gasteiger partial charge >= 0.3 is 6.09 Å². The molecule has 0 spiro atoms. The number of hydroxylamine groups is 1. The number of ether oxygens (including phenoxy) is 3. The Morgan fingerprint density at radius 1 is 1.07 bits per heavy atom. The summed E-state index contributed by atoms with van der Waals surface area (Å²) in [4.78, 5) is 18.7. The number of hydrogen-bond acceptors (Lipinski definition) is 9. The first kappa shape index (κ1) is 28.8. The number of carbonyl (C=O) groups is 1. The van der Waals surface area contributed by atoms with Gasteiger partial charge in [-0.05, 0) is 49.4 Å². The van der Waals surface area contributed by atoms with Crippen LogP contribution in [0.5, 0.6) is 5.75 Å². The molecule has 0 radical (unpaired) electrons. The van der Waals surface area contributed by atoms with Crippen LogP contribution in [-0.2, 0) is 35.5 Å². The monoisotopic (exact) mass is 576 g/mol. The second kappa shape index (κ2) is 12.8. The average Bonchev–Trinajstić information content (AvgIpc) is 3.69. The van der Waals surface area contributed by atoms with Crippen molar-refractivity contribution in [3.05, 3.63) is 60.2 Å². The Labute approximate surface area is 234 Å². The quantitative estimate of drug-likeness (QED) is 0.344. The second-order valence-corrected chi connectivity index (χ2v) is 12.3. The Kier molecular flexibility index (Phi) is 9.24. The minimum Gasteiger partial charge on any atom is -0.508 e. The molecule has 0 bridgehead atoms. The van der Waals surface area contributed by atoms with E-state index in [9.17, 15) is 23.4 Å². The maximum absolute atomic E-state index is 13.6. The number of nitrogens with zero attached hydrogens (tertiary/aromatic N) is 1. The fourth-order valence-electron chi connectivity index (χ4n) is 5.42. The average molecular weight is 577 g/mol. The molecule has 2 aromatic carbocycles. The maximum Gasteiger partial charge on any atom is 0.407 e. The molecule has 1 saturated carbocycles. The van der Waals surface area contributed by atoms with E-state index in [1.54, 1.807) is 0 Å². The molecular weight excluding hydrogens is 540 g/mol. The molecule has 2 aliphatic heterocycles. The summed E-state index contributed by atoms with van der Waals surface area (Å²) in [5.41, 5.74) is 0.833. The molecule has 0 unspecified atom stereocenters. The predicted molar refractivity (Wildman–Crippen MR) is 142 cm³/mol. The Balaban J connectivity index is 1.34. The van der Waals surface area contributed by atoms with Gasteiger partial charge in [-0.2, -0.15) is 0 Å². The molecule has 2 aromatic rings. The van der Waals surface area contributed by atoms with E-state index in [-0.39, 0.29) is 42.0 Å². The number of hydrogen-bond donors (Lipinski definition) is 3. The van der Waals surface area contributed by atoms with Gasteiger partial charge in [0.25, 0.3) is 10.0 Å². The largest absolute Gasteiger partial charge is 0.508 e. The van der Waals surface area contributed by atoms with Crippen molar-refractivity contribution in [3.8, 4) is 5.75 Å². The second-order valence-electron chi connectivity index (χ2n) is 10.5. The lowest BCUT2D eigenvalue weighted by molar-refractivity contribution is -0.145. The van der Waals surface area contributed by atoms with Crippen molar-refractivity contribution in [1.82, 2.24) is 9.79 Å². The van der Waals surface area contributed by atoms with Gasteiger partial charge in [0.1, 0.15) is 11.9 Å². The number of amides is 1. The zero-order valence-corrected chi connectivity index (χ0v) is 22.9. The summed E-state index contributed by atoms with van der Waals surface area (Å²) >= 11 is 0. The first-order valence-electron chi connectivity index (χ1n) is 13.7. The highest BCUT2D eigenvalue weighted by atomic mass is 32.2. The van der Waals surface area contributed by atoms with Gasteiger partial charge < -0.3 is 29.7 Å². The topological polar surface area (TPSA) is 144 Å². The first-order chi connectivity index (χ1) is 19.3. The Hall–Kier alpha value is -2.74. The number of aromatic hydroxyl groups is 1. The highest BCUT2D eigenvalue weighted by Gasteiger charge is 2.44. The zero-order chi connectivity index (χ0) is 28.1. The molecule has 0 aromatic heterocycles. The number of aliphatic hydroxyl groups excluding tert-OH is 1. The molecule has 1 amide bonds. The van der Waals surface area contributed by atoms with Gasteiger partial charge in [0.15, 0.2) is 6.29 Å². The van der Waals surface area contributed by atoms with Crippen LogP contribution < -0.4 is 5.32 Å². The van der Waals surface area contributed by atoms with Crippen molar-refractivity contribution < 1.29 is 42.5 Å². The number of phenols is 1. The summed E-state index contributed by atoms with van der Waals surface area (Å²) in [6.07, 6.45) is 0.866. The fourth-order valence-corrected chi connectivity index (χ4v) is 6.76. The highest BCUT2D eigenvalue weighted by molar-refractivity contribution is 7.89. The van der Waals surface area contributed by atoms with E-state index in [1.165, 1.54) is 18.2 Å². The lowest BCUT2D eigenvalue weighted by Crippen LogP contribution is -2.51. The lowest BCUT2D eigenvalue weighted by Gasteiger charge is -2.31. The third-order valence-corrected chi connectivity index (χ3v) is 9.22. The van der Waals surface area contributed by atoms with Crippen LogP contribution in [0.2, 0.25) is 0 Å². The number of benzene rings is 2. The van der Waals surface area contributed by atoms with Gasteiger partial charge in [0, 0.05) is 0 Å². The van der Waals surface area contributed by atoms with E-state index in [1.807, 2.05) is 30.3 Å². The number of nitrogens with one attached hydrogen (secondary N) is 1. The van der Waals surface area contributed by atoms with Crippen molar-refractivity contribution in [2.45, 2.75) is 74.1 Å². The number of rotatable bonds is 11. The van der Waals surface area contributed by atoms with Crippen molar-refractivity contribution in [1.29, 1.82) is 0 Å². The normalized spacial score (nSPS) is 24.6.